The molecule has 7 heteroatoms. The third-order valence-corrected chi connectivity index (χ3v) is 4.28. The number of rotatable bonds is 2. The van der Waals surface area contributed by atoms with E-state index in [0.29, 0.717) is 16.7 Å². The zero-order chi connectivity index (χ0) is 19.0. The van der Waals surface area contributed by atoms with Gasteiger partial charge in [-0.05, 0) is 35.4 Å². The van der Waals surface area contributed by atoms with Gasteiger partial charge in [-0.3, -0.25) is 14.6 Å². The highest BCUT2D eigenvalue weighted by molar-refractivity contribution is 6.04. The van der Waals surface area contributed by atoms with E-state index in [-0.39, 0.29) is 5.70 Å². The maximum atomic E-state index is 13.3. The van der Waals surface area contributed by atoms with Crippen molar-refractivity contribution in [3.05, 3.63) is 77.0 Å². The Morgan fingerprint density at radius 3 is 1.69 bits per heavy atom. The lowest BCUT2D eigenvalue weighted by atomic mass is 9.92. The van der Waals surface area contributed by atoms with E-state index in [2.05, 4.69) is 0 Å². The molecular weight excluding hydrogens is 342 g/mol. The van der Waals surface area contributed by atoms with E-state index in [9.17, 15) is 23.5 Å². The Balaban J connectivity index is 2.29. The number of likely N-dealkylation sites (N-methyl/N-ethyl adjacent to an activating group) is 2. The number of hydrogen-bond donors (Lipinski definition) is 1. The standard InChI is InChI=1S/C19H16F2N2O3/c1-22-16(17(24)18(25)23(2)19(22)26)15(11-3-7-13(20)8-4-11)12-5-9-14(21)10-6-12/h3-10,17,24H,1-2H3. The summed E-state index contributed by atoms with van der Waals surface area (Å²) in [6.45, 7) is 0. The van der Waals surface area contributed by atoms with Gasteiger partial charge in [-0.15, -0.1) is 0 Å². The number of aliphatic hydroxyl groups excluding tert-OH is 1. The van der Waals surface area contributed by atoms with Crippen LogP contribution < -0.4 is 0 Å². The molecule has 134 valence electrons. The molecule has 1 N–H and O–H groups in total. The predicted octanol–water partition coefficient (Wildman–Crippen LogP) is 2.61. The van der Waals surface area contributed by atoms with Gasteiger partial charge in [-0.1, -0.05) is 24.3 Å². The lowest BCUT2D eigenvalue weighted by Gasteiger charge is -2.36. The van der Waals surface area contributed by atoms with Crippen molar-refractivity contribution >= 4 is 17.5 Å². The quantitative estimate of drug-likeness (QED) is 0.898. The van der Waals surface area contributed by atoms with Crippen LogP contribution in [0.2, 0.25) is 0 Å². The smallest absolute Gasteiger partial charge is 0.330 e. The van der Waals surface area contributed by atoms with Crippen molar-refractivity contribution in [2.45, 2.75) is 6.10 Å². The molecular formula is C19H16F2N2O3. The molecule has 5 nitrogen and oxygen atoms in total. The Kier molecular flexibility index (Phi) is 4.56. The summed E-state index contributed by atoms with van der Waals surface area (Å²) in [6, 6.07) is 10.2. The van der Waals surface area contributed by atoms with Crippen LogP contribution in [0.15, 0.2) is 54.2 Å². The van der Waals surface area contributed by atoms with Crippen LogP contribution in [0.25, 0.3) is 5.57 Å². The molecule has 1 atom stereocenters. The van der Waals surface area contributed by atoms with E-state index in [4.69, 9.17) is 0 Å². The number of nitrogens with zero attached hydrogens (tertiary/aromatic N) is 2. The van der Waals surface area contributed by atoms with Crippen molar-refractivity contribution in [3.8, 4) is 0 Å². The normalized spacial score (nSPS) is 17.7. The van der Waals surface area contributed by atoms with Crippen LogP contribution >= 0.6 is 0 Å². The molecule has 1 heterocycles. The maximum absolute atomic E-state index is 13.3. The van der Waals surface area contributed by atoms with Crippen LogP contribution in [0.1, 0.15) is 11.1 Å². The van der Waals surface area contributed by atoms with Crippen LogP contribution in [0, 0.1) is 11.6 Å². The Hall–Kier alpha value is -3.06. The topological polar surface area (TPSA) is 60.9 Å². The molecule has 3 rings (SSSR count). The van der Waals surface area contributed by atoms with Crippen LogP contribution in [0.3, 0.4) is 0 Å². The average molecular weight is 358 g/mol. The molecule has 1 unspecified atom stereocenters. The van der Waals surface area contributed by atoms with E-state index in [1.807, 2.05) is 0 Å². The summed E-state index contributed by atoms with van der Waals surface area (Å²) in [6.07, 6.45) is -1.59. The molecule has 0 aromatic heterocycles. The monoisotopic (exact) mass is 358 g/mol. The first kappa shape index (κ1) is 17.8. The molecule has 0 spiro atoms. The summed E-state index contributed by atoms with van der Waals surface area (Å²) in [5, 5.41) is 10.5. The van der Waals surface area contributed by atoms with Crippen LogP contribution in [-0.2, 0) is 4.79 Å². The number of carbonyl (C=O) groups is 2. The molecule has 26 heavy (non-hydrogen) atoms. The third-order valence-electron chi connectivity index (χ3n) is 4.28. The van der Waals surface area contributed by atoms with Crippen molar-refractivity contribution in [1.29, 1.82) is 0 Å². The summed E-state index contributed by atoms with van der Waals surface area (Å²) in [4.78, 5) is 26.6. The fourth-order valence-corrected chi connectivity index (χ4v) is 2.91. The zero-order valence-electron chi connectivity index (χ0n) is 14.1. The Bertz CT molecular complexity index is 821. The van der Waals surface area contributed by atoms with E-state index in [1.165, 1.54) is 62.6 Å². The van der Waals surface area contributed by atoms with Gasteiger partial charge in [0.2, 0.25) is 0 Å². The highest BCUT2D eigenvalue weighted by atomic mass is 19.1. The number of imide groups is 1. The number of carbonyl (C=O) groups excluding carboxylic acids is 2. The van der Waals surface area contributed by atoms with Gasteiger partial charge >= 0.3 is 6.03 Å². The summed E-state index contributed by atoms with van der Waals surface area (Å²) in [5.74, 6) is -1.69. The zero-order valence-corrected chi connectivity index (χ0v) is 14.1. The van der Waals surface area contributed by atoms with Gasteiger partial charge in [0.1, 0.15) is 11.6 Å². The van der Waals surface area contributed by atoms with Crippen molar-refractivity contribution in [3.63, 3.8) is 0 Å². The predicted molar refractivity (Wildman–Crippen MR) is 90.8 cm³/mol. The third kappa shape index (κ3) is 2.97. The molecule has 0 radical (unpaired) electrons. The first-order valence-corrected chi connectivity index (χ1v) is 7.80. The molecule has 1 aliphatic heterocycles. The number of benzene rings is 2. The number of aliphatic hydroxyl groups is 1. The Labute approximate surface area is 148 Å². The maximum Gasteiger partial charge on any atom is 0.330 e. The number of amides is 3. The van der Waals surface area contributed by atoms with Gasteiger partial charge in [0.05, 0.1) is 5.70 Å². The van der Waals surface area contributed by atoms with Crippen LogP contribution in [0.5, 0.6) is 0 Å². The van der Waals surface area contributed by atoms with E-state index in [0.717, 1.165) is 9.80 Å². The van der Waals surface area contributed by atoms with Gasteiger partial charge in [0, 0.05) is 19.7 Å². The number of hydrogen-bond acceptors (Lipinski definition) is 3. The SMILES string of the molecule is CN1C(=O)C(O)C(=C(c2ccc(F)cc2)c2ccc(F)cc2)N(C)C1=O. The second kappa shape index (κ2) is 6.68. The first-order valence-electron chi connectivity index (χ1n) is 7.80. The lowest BCUT2D eigenvalue weighted by Crippen LogP contribution is -2.55. The molecule has 3 amide bonds. The molecule has 1 aliphatic rings. The lowest BCUT2D eigenvalue weighted by molar-refractivity contribution is -0.137. The van der Waals surface area contributed by atoms with Gasteiger partial charge in [-0.25, -0.2) is 13.6 Å². The number of urea groups is 1. The fourth-order valence-electron chi connectivity index (χ4n) is 2.91. The average Bonchev–Trinajstić information content (AvgIpc) is 2.64. The molecule has 2 aromatic carbocycles. The second-order valence-electron chi connectivity index (χ2n) is 5.92. The first-order chi connectivity index (χ1) is 12.3. The van der Waals surface area contributed by atoms with Crippen LogP contribution in [-0.4, -0.2) is 47.0 Å². The summed E-state index contributed by atoms with van der Waals surface area (Å²) >= 11 is 0. The highest BCUT2D eigenvalue weighted by Gasteiger charge is 2.40. The number of halogens is 2. The van der Waals surface area contributed by atoms with Gasteiger partial charge < -0.3 is 5.11 Å². The molecule has 0 aliphatic carbocycles. The van der Waals surface area contributed by atoms with E-state index in [1.54, 1.807) is 0 Å². The fraction of sp³-hybridized carbons (Fsp3) is 0.158. The van der Waals surface area contributed by atoms with E-state index >= 15 is 0 Å². The van der Waals surface area contributed by atoms with Gasteiger partial charge in [-0.2, -0.15) is 0 Å². The van der Waals surface area contributed by atoms with E-state index < -0.39 is 29.7 Å². The van der Waals surface area contributed by atoms with Gasteiger partial charge in [0.25, 0.3) is 5.91 Å². The highest BCUT2D eigenvalue weighted by Crippen LogP contribution is 2.33. The molecule has 0 bridgehead atoms. The molecule has 0 saturated carbocycles. The van der Waals surface area contributed by atoms with Crippen molar-refractivity contribution in [2.24, 2.45) is 0 Å². The Morgan fingerprint density at radius 2 is 1.27 bits per heavy atom. The van der Waals surface area contributed by atoms with Gasteiger partial charge in [0.15, 0.2) is 6.10 Å². The molecule has 2 aromatic rings. The van der Waals surface area contributed by atoms with Crippen molar-refractivity contribution in [2.75, 3.05) is 14.1 Å². The van der Waals surface area contributed by atoms with Crippen molar-refractivity contribution in [1.82, 2.24) is 9.80 Å². The largest absolute Gasteiger partial charge is 0.377 e. The van der Waals surface area contributed by atoms with Crippen LogP contribution in [0.4, 0.5) is 13.6 Å². The molecule has 1 fully saturated rings. The minimum absolute atomic E-state index is 0.0521. The summed E-state index contributed by atoms with van der Waals surface area (Å²) < 4.78 is 26.7. The summed E-state index contributed by atoms with van der Waals surface area (Å²) in [7, 11) is 2.70. The summed E-state index contributed by atoms with van der Waals surface area (Å²) in [5.41, 5.74) is 1.35. The minimum Gasteiger partial charge on any atom is -0.377 e. The molecule has 1 saturated heterocycles. The minimum atomic E-state index is -1.59. The Morgan fingerprint density at radius 1 is 0.846 bits per heavy atom. The van der Waals surface area contributed by atoms with Crippen molar-refractivity contribution < 1.29 is 23.5 Å². The second-order valence-corrected chi connectivity index (χ2v) is 5.92.